The van der Waals surface area contributed by atoms with Crippen molar-refractivity contribution in [2.24, 2.45) is 28.6 Å². The summed E-state index contributed by atoms with van der Waals surface area (Å²) in [5, 5.41) is 10.2. The number of allylic oxidation sites excluding steroid dienone is 3. The van der Waals surface area contributed by atoms with E-state index in [0.717, 1.165) is 43.1 Å². The zero-order chi connectivity index (χ0) is 21.1. The molecule has 2 saturated carbocycles. The molecule has 3 nitrogen and oxygen atoms in total. The molecule has 1 heterocycles. The Labute approximate surface area is 180 Å². The van der Waals surface area contributed by atoms with Gasteiger partial charge in [0.05, 0.1) is 6.10 Å². The summed E-state index contributed by atoms with van der Waals surface area (Å²) in [7, 11) is 0. The highest BCUT2D eigenvalue weighted by Crippen LogP contribution is 2.66. The van der Waals surface area contributed by atoms with E-state index < -0.39 is 0 Å². The molecule has 0 amide bonds. The Hall–Kier alpha value is -1.74. The Balaban J connectivity index is 1.44. The van der Waals surface area contributed by atoms with Gasteiger partial charge in [-0.25, -0.2) is 0 Å². The minimum absolute atomic E-state index is 0.135. The van der Waals surface area contributed by atoms with E-state index in [-0.39, 0.29) is 22.7 Å². The fourth-order valence-electron chi connectivity index (χ4n) is 7.68. The van der Waals surface area contributed by atoms with Crippen LogP contribution in [0.1, 0.15) is 76.8 Å². The number of aromatic nitrogens is 1. The van der Waals surface area contributed by atoms with E-state index in [9.17, 15) is 9.90 Å². The molecule has 1 aromatic heterocycles. The lowest BCUT2D eigenvalue weighted by atomic mass is 9.47. The summed E-state index contributed by atoms with van der Waals surface area (Å²) < 4.78 is 0. The normalized spacial score (nSPS) is 40.0. The van der Waals surface area contributed by atoms with Gasteiger partial charge in [-0.05, 0) is 103 Å². The highest BCUT2D eigenvalue weighted by atomic mass is 16.3. The van der Waals surface area contributed by atoms with Crippen LogP contribution < -0.4 is 0 Å². The Bertz CT molecular complexity index is 931. The third-order valence-electron chi connectivity index (χ3n) is 9.22. The maximum absolute atomic E-state index is 11.6. The number of carbonyl (C=O) groups is 1. The highest BCUT2D eigenvalue weighted by Gasteiger charge is 2.56. The number of fused-ring (bicyclic) bond motifs is 5. The van der Waals surface area contributed by atoms with Crippen LogP contribution in [-0.4, -0.2) is 22.0 Å². The van der Waals surface area contributed by atoms with E-state index in [4.69, 9.17) is 0 Å². The minimum Gasteiger partial charge on any atom is -0.393 e. The zero-order valence-corrected chi connectivity index (χ0v) is 18.7. The molecule has 6 atom stereocenters. The zero-order valence-electron chi connectivity index (χ0n) is 18.7. The molecule has 0 aliphatic heterocycles. The third kappa shape index (κ3) is 3.04. The van der Waals surface area contributed by atoms with Crippen molar-refractivity contribution in [3.8, 4) is 0 Å². The lowest BCUT2D eigenvalue weighted by molar-refractivity contribution is -0.116. The Morgan fingerprint density at radius 2 is 1.90 bits per heavy atom. The van der Waals surface area contributed by atoms with Gasteiger partial charge in [0, 0.05) is 18.8 Å². The summed E-state index contributed by atoms with van der Waals surface area (Å²) in [5.74, 6) is 2.35. The summed E-state index contributed by atoms with van der Waals surface area (Å²) in [4.78, 5) is 16.1. The first-order valence-corrected chi connectivity index (χ1v) is 11.8. The van der Waals surface area contributed by atoms with Gasteiger partial charge >= 0.3 is 0 Å². The van der Waals surface area contributed by atoms with E-state index in [1.807, 2.05) is 12.4 Å². The van der Waals surface area contributed by atoms with Crippen molar-refractivity contribution in [2.45, 2.75) is 78.2 Å². The molecule has 0 saturated heterocycles. The van der Waals surface area contributed by atoms with Gasteiger partial charge in [-0.1, -0.05) is 31.6 Å². The quantitative estimate of drug-likeness (QED) is 0.673. The van der Waals surface area contributed by atoms with Crippen molar-refractivity contribution in [1.82, 2.24) is 4.98 Å². The molecule has 1 N–H and O–H groups in total. The minimum atomic E-state index is -0.135. The Kier molecular flexibility index (Phi) is 4.81. The standard InChI is InChI=1S/C27H35NO2/c1-17(29)12-18-13-19(16-28-15-18)23-6-7-24-22-5-4-20-14-21(30)8-10-26(20,2)25(22)9-11-27(23,24)3/h4,6,13,15-16,21-22,24-25,30H,5,7-12,14H2,1-3H3/t21-,22-,24-,25-,26-,27+/m0/s1. The van der Waals surface area contributed by atoms with E-state index in [2.05, 4.69) is 37.0 Å². The SMILES string of the molecule is CC(=O)Cc1cncc(C2=CC[C@H]3[C@@H]4CC=C5C[C@@H](O)CC[C@]5(C)[C@H]4CC[C@]23C)c1. The molecule has 3 heteroatoms. The number of aliphatic hydroxyl groups excluding tert-OH is 1. The average Bonchev–Trinajstić information content (AvgIpc) is 3.05. The van der Waals surface area contributed by atoms with E-state index in [1.54, 1.807) is 12.5 Å². The number of ketones is 1. The molecule has 0 bridgehead atoms. The molecule has 0 radical (unpaired) electrons. The number of rotatable bonds is 3. The summed E-state index contributed by atoms with van der Waals surface area (Å²) >= 11 is 0. The summed E-state index contributed by atoms with van der Waals surface area (Å²) in [6.07, 6.45) is 17.0. The lowest BCUT2D eigenvalue weighted by Crippen LogP contribution is -2.49. The van der Waals surface area contributed by atoms with Gasteiger partial charge in [0.1, 0.15) is 5.78 Å². The predicted octanol–water partition coefficient (Wildman–Crippen LogP) is 5.53. The van der Waals surface area contributed by atoms with Gasteiger partial charge in [0.25, 0.3) is 0 Å². The summed E-state index contributed by atoms with van der Waals surface area (Å²) in [5.41, 5.74) is 5.74. The van der Waals surface area contributed by atoms with Crippen molar-refractivity contribution < 1.29 is 9.90 Å². The molecule has 5 rings (SSSR count). The maximum atomic E-state index is 11.6. The van der Waals surface area contributed by atoms with Crippen LogP contribution in [0.3, 0.4) is 0 Å². The van der Waals surface area contributed by atoms with Crippen LogP contribution in [0.4, 0.5) is 0 Å². The maximum Gasteiger partial charge on any atom is 0.134 e. The molecular formula is C27H35NO2. The van der Waals surface area contributed by atoms with Crippen LogP contribution in [0.2, 0.25) is 0 Å². The van der Waals surface area contributed by atoms with Crippen LogP contribution >= 0.6 is 0 Å². The lowest BCUT2D eigenvalue weighted by Gasteiger charge is -2.57. The first-order valence-electron chi connectivity index (χ1n) is 11.8. The molecule has 4 aliphatic carbocycles. The van der Waals surface area contributed by atoms with Crippen molar-refractivity contribution in [2.75, 3.05) is 0 Å². The number of hydrogen-bond donors (Lipinski definition) is 1. The largest absolute Gasteiger partial charge is 0.393 e. The molecule has 160 valence electrons. The van der Waals surface area contributed by atoms with Crippen LogP contribution in [0.15, 0.2) is 36.2 Å². The van der Waals surface area contributed by atoms with Crippen LogP contribution in [0.25, 0.3) is 5.57 Å². The number of Topliss-reactive ketones (excluding diaryl/α,β-unsaturated/α-hetero) is 1. The molecule has 1 aromatic rings. The monoisotopic (exact) mass is 405 g/mol. The second-order valence-electron chi connectivity index (χ2n) is 10.9. The Morgan fingerprint density at radius 3 is 2.70 bits per heavy atom. The smallest absolute Gasteiger partial charge is 0.134 e. The first kappa shape index (κ1) is 20.2. The summed E-state index contributed by atoms with van der Waals surface area (Å²) in [6, 6.07) is 2.20. The third-order valence-corrected chi connectivity index (χ3v) is 9.22. The van der Waals surface area contributed by atoms with Gasteiger partial charge in [-0.3, -0.25) is 9.78 Å². The van der Waals surface area contributed by atoms with Gasteiger partial charge in [0.2, 0.25) is 0 Å². The van der Waals surface area contributed by atoms with Crippen LogP contribution in [0.5, 0.6) is 0 Å². The van der Waals surface area contributed by atoms with Crippen molar-refractivity contribution in [1.29, 1.82) is 0 Å². The van der Waals surface area contributed by atoms with Crippen molar-refractivity contribution in [3.05, 3.63) is 47.3 Å². The molecule has 4 aliphatic rings. The van der Waals surface area contributed by atoms with Gasteiger partial charge in [0.15, 0.2) is 0 Å². The van der Waals surface area contributed by atoms with Crippen molar-refractivity contribution in [3.63, 3.8) is 0 Å². The first-order chi connectivity index (χ1) is 14.3. The Morgan fingerprint density at radius 1 is 1.10 bits per heavy atom. The molecule has 0 spiro atoms. The molecule has 2 fully saturated rings. The fraction of sp³-hybridized carbons (Fsp3) is 0.630. The van der Waals surface area contributed by atoms with E-state index in [0.29, 0.717) is 12.3 Å². The van der Waals surface area contributed by atoms with Crippen LogP contribution in [0, 0.1) is 28.6 Å². The average molecular weight is 406 g/mol. The van der Waals surface area contributed by atoms with E-state index in [1.165, 1.54) is 30.4 Å². The molecule has 0 unspecified atom stereocenters. The highest BCUT2D eigenvalue weighted by molar-refractivity contribution is 5.79. The molecular weight excluding hydrogens is 370 g/mol. The number of carbonyl (C=O) groups excluding carboxylic acids is 1. The van der Waals surface area contributed by atoms with E-state index >= 15 is 0 Å². The molecule has 30 heavy (non-hydrogen) atoms. The number of hydrogen-bond acceptors (Lipinski definition) is 3. The topological polar surface area (TPSA) is 50.2 Å². The number of aliphatic hydroxyl groups is 1. The van der Waals surface area contributed by atoms with Crippen LogP contribution in [-0.2, 0) is 11.2 Å². The number of nitrogens with zero attached hydrogens (tertiary/aromatic N) is 1. The van der Waals surface area contributed by atoms with Gasteiger partial charge in [-0.15, -0.1) is 0 Å². The number of pyridine rings is 1. The van der Waals surface area contributed by atoms with Crippen molar-refractivity contribution >= 4 is 11.4 Å². The second-order valence-corrected chi connectivity index (χ2v) is 10.9. The second kappa shape index (κ2) is 7.15. The predicted molar refractivity (Wildman–Crippen MR) is 120 cm³/mol. The van der Waals surface area contributed by atoms with Gasteiger partial charge < -0.3 is 5.11 Å². The summed E-state index contributed by atoms with van der Waals surface area (Å²) in [6.45, 7) is 6.62. The molecule has 0 aromatic carbocycles. The van der Waals surface area contributed by atoms with Gasteiger partial charge in [-0.2, -0.15) is 0 Å². The fourth-order valence-corrected chi connectivity index (χ4v) is 7.68.